The quantitative estimate of drug-likeness (QED) is 0.627. The van der Waals surface area contributed by atoms with Crippen LogP contribution in [0.1, 0.15) is 24.8 Å². The SMILES string of the molecule is NCC#Cc1cc(F)ccc1N1C(=O)C2CCCC2C1=O. The van der Waals surface area contributed by atoms with E-state index in [9.17, 15) is 14.0 Å². The lowest BCUT2D eigenvalue weighted by Crippen LogP contribution is -2.32. The predicted octanol–water partition coefficient (Wildman–Crippen LogP) is 1.43. The van der Waals surface area contributed by atoms with Gasteiger partial charge in [0.1, 0.15) is 5.82 Å². The lowest BCUT2D eigenvalue weighted by molar-refractivity contribution is -0.122. The van der Waals surface area contributed by atoms with E-state index < -0.39 is 5.82 Å². The first-order valence-electron chi connectivity index (χ1n) is 7.00. The second-order valence-electron chi connectivity index (χ2n) is 5.32. The summed E-state index contributed by atoms with van der Waals surface area (Å²) < 4.78 is 13.4. The van der Waals surface area contributed by atoms with Crippen LogP contribution in [0.25, 0.3) is 0 Å². The summed E-state index contributed by atoms with van der Waals surface area (Å²) in [5.41, 5.74) is 6.02. The van der Waals surface area contributed by atoms with Crippen LogP contribution in [0.2, 0.25) is 0 Å². The Labute approximate surface area is 122 Å². The molecule has 0 spiro atoms. The summed E-state index contributed by atoms with van der Waals surface area (Å²) in [4.78, 5) is 26.1. The molecule has 108 valence electrons. The Kier molecular flexibility index (Phi) is 3.48. The van der Waals surface area contributed by atoms with E-state index >= 15 is 0 Å². The van der Waals surface area contributed by atoms with Crippen LogP contribution >= 0.6 is 0 Å². The number of imide groups is 1. The summed E-state index contributed by atoms with van der Waals surface area (Å²) in [6, 6.07) is 3.90. The number of fused-ring (bicyclic) bond motifs is 1. The second-order valence-corrected chi connectivity index (χ2v) is 5.32. The van der Waals surface area contributed by atoms with Crippen LogP contribution in [0.15, 0.2) is 18.2 Å². The third kappa shape index (κ3) is 2.22. The standard InChI is InChI=1S/C16H15FN2O2/c17-11-6-7-14(10(9-11)3-2-8-18)19-15(20)12-4-1-5-13(12)16(19)21/h6-7,9,12-13H,1,4-5,8,18H2. The minimum Gasteiger partial charge on any atom is -0.320 e. The molecule has 1 aromatic rings. The molecule has 2 aliphatic rings. The van der Waals surface area contributed by atoms with Gasteiger partial charge in [0.05, 0.1) is 29.6 Å². The third-order valence-electron chi connectivity index (χ3n) is 4.12. The van der Waals surface area contributed by atoms with Gasteiger partial charge in [0, 0.05) is 0 Å². The van der Waals surface area contributed by atoms with Crippen molar-refractivity contribution in [3.05, 3.63) is 29.6 Å². The summed E-state index contributed by atoms with van der Waals surface area (Å²) in [6.45, 7) is 0.128. The van der Waals surface area contributed by atoms with Gasteiger partial charge in [-0.15, -0.1) is 0 Å². The molecule has 0 aromatic heterocycles. The van der Waals surface area contributed by atoms with Crippen molar-refractivity contribution >= 4 is 17.5 Å². The predicted molar refractivity (Wildman–Crippen MR) is 75.7 cm³/mol. The number of hydrogen-bond acceptors (Lipinski definition) is 3. The monoisotopic (exact) mass is 286 g/mol. The van der Waals surface area contributed by atoms with E-state index in [1.165, 1.54) is 23.1 Å². The van der Waals surface area contributed by atoms with Crippen LogP contribution in [0.4, 0.5) is 10.1 Å². The number of hydrogen-bond donors (Lipinski definition) is 1. The minimum atomic E-state index is -0.459. The molecule has 2 fully saturated rings. The Bertz CT molecular complexity index is 653. The van der Waals surface area contributed by atoms with Gasteiger partial charge in [-0.3, -0.25) is 9.59 Å². The van der Waals surface area contributed by atoms with Crippen molar-refractivity contribution in [1.82, 2.24) is 0 Å². The van der Waals surface area contributed by atoms with Crippen LogP contribution in [0.3, 0.4) is 0 Å². The topological polar surface area (TPSA) is 63.4 Å². The van der Waals surface area contributed by atoms with Crippen molar-refractivity contribution in [2.45, 2.75) is 19.3 Å². The summed E-state index contributed by atoms with van der Waals surface area (Å²) in [6.07, 6.45) is 2.40. The number of rotatable bonds is 1. The molecule has 1 aromatic carbocycles. The van der Waals surface area contributed by atoms with Crippen LogP contribution in [0, 0.1) is 29.5 Å². The third-order valence-corrected chi connectivity index (χ3v) is 4.12. The normalized spacial score (nSPS) is 24.0. The summed E-state index contributed by atoms with van der Waals surface area (Å²) in [7, 11) is 0. The lowest BCUT2D eigenvalue weighted by atomic mass is 10.00. The highest BCUT2D eigenvalue weighted by atomic mass is 19.1. The molecule has 1 aliphatic heterocycles. The molecule has 3 rings (SSSR count). The number of nitrogens with zero attached hydrogens (tertiary/aromatic N) is 1. The minimum absolute atomic E-state index is 0.128. The molecule has 2 N–H and O–H groups in total. The van der Waals surface area contributed by atoms with Crippen molar-refractivity contribution in [2.24, 2.45) is 17.6 Å². The largest absolute Gasteiger partial charge is 0.320 e. The van der Waals surface area contributed by atoms with Crippen molar-refractivity contribution in [3.8, 4) is 11.8 Å². The Hall–Kier alpha value is -2.19. The smallest absolute Gasteiger partial charge is 0.237 e. The van der Waals surface area contributed by atoms with Crippen LogP contribution < -0.4 is 10.6 Å². The first kappa shape index (κ1) is 13.8. The number of halogens is 1. The molecule has 2 amide bonds. The fourth-order valence-electron chi connectivity index (χ4n) is 3.18. The van der Waals surface area contributed by atoms with Gasteiger partial charge in [0.25, 0.3) is 0 Å². The van der Waals surface area contributed by atoms with Gasteiger partial charge in [-0.25, -0.2) is 9.29 Å². The Balaban J connectivity index is 2.04. The molecule has 1 saturated carbocycles. The number of carbonyl (C=O) groups excluding carboxylic acids is 2. The average molecular weight is 286 g/mol. The first-order valence-corrected chi connectivity index (χ1v) is 7.00. The van der Waals surface area contributed by atoms with Gasteiger partial charge in [0.15, 0.2) is 0 Å². The van der Waals surface area contributed by atoms with Gasteiger partial charge in [0.2, 0.25) is 11.8 Å². The lowest BCUT2D eigenvalue weighted by Gasteiger charge is -2.17. The van der Waals surface area contributed by atoms with E-state index in [0.29, 0.717) is 11.3 Å². The highest BCUT2D eigenvalue weighted by Gasteiger charge is 2.50. The zero-order valence-electron chi connectivity index (χ0n) is 11.4. The zero-order valence-corrected chi connectivity index (χ0v) is 11.4. The summed E-state index contributed by atoms with van der Waals surface area (Å²) in [5, 5.41) is 0. The Morgan fingerprint density at radius 2 is 1.90 bits per heavy atom. The maximum Gasteiger partial charge on any atom is 0.237 e. The Morgan fingerprint density at radius 1 is 1.24 bits per heavy atom. The molecular weight excluding hydrogens is 271 g/mol. The number of benzene rings is 1. The van der Waals surface area contributed by atoms with Crippen LogP contribution in [0.5, 0.6) is 0 Å². The van der Waals surface area contributed by atoms with E-state index in [0.717, 1.165) is 19.3 Å². The fourth-order valence-corrected chi connectivity index (χ4v) is 3.18. The van der Waals surface area contributed by atoms with Crippen LogP contribution in [-0.2, 0) is 9.59 Å². The molecule has 0 bridgehead atoms. The van der Waals surface area contributed by atoms with E-state index in [-0.39, 0.29) is 30.2 Å². The molecule has 2 atom stereocenters. The summed E-state index contributed by atoms with van der Waals surface area (Å²) in [5.74, 6) is 4.09. The van der Waals surface area contributed by atoms with E-state index in [4.69, 9.17) is 5.73 Å². The van der Waals surface area contributed by atoms with Crippen molar-refractivity contribution in [1.29, 1.82) is 0 Å². The maximum absolute atomic E-state index is 13.4. The molecule has 1 saturated heterocycles. The number of anilines is 1. The van der Waals surface area contributed by atoms with Crippen LogP contribution in [-0.4, -0.2) is 18.4 Å². The number of nitrogens with two attached hydrogens (primary N) is 1. The molecular formula is C16H15FN2O2. The molecule has 2 unspecified atom stereocenters. The molecule has 1 heterocycles. The Morgan fingerprint density at radius 3 is 2.52 bits per heavy atom. The van der Waals surface area contributed by atoms with E-state index in [2.05, 4.69) is 11.8 Å². The number of amides is 2. The summed E-state index contributed by atoms with van der Waals surface area (Å²) >= 11 is 0. The fraction of sp³-hybridized carbons (Fsp3) is 0.375. The average Bonchev–Trinajstić information content (AvgIpc) is 3.03. The van der Waals surface area contributed by atoms with Gasteiger partial charge in [-0.05, 0) is 31.0 Å². The van der Waals surface area contributed by atoms with Gasteiger partial charge >= 0.3 is 0 Å². The van der Waals surface area contributed by atoms with Gasteiger partial charge in [-0.2, -0.15) is 0 Å². The molecule has 4 nitrogen and oxygen atoms in total. The molecule has 5 heteroatoms. The highest BCUT2D eigenvalue weighted by Crippen LogP contribution is 2.42. The van der Waals surface area contributed by atoms with Crippen molar-refractivity contribution in [3.63, 3.8) is 0 Å². The molecule has 0 radical (unpaired) electrons. The maximum atomic E-state index is 13.4. The second kappa shape index (κ2) is 5.30. The first-order chi connectivity index (χ1) is 10.1. The van der Waals surface area contributed by atoms with E-state index in [1.807, 2.05) is 0 Å². The number of carbonyl (C=O) groups is 2. The zero-order chi connectivity index (χ0) is 15.0. The highest BCUT2D eigenvalue weighted by molar-refractivity contribution is 6.22. The van der Waals surface area contributed by atoms with Gasteiger partial charge < -0.3 is 5.73 Å². The molecule has 21 heavy (non-hydrogen) atoms. The van der Waals surface area contributed by atoms with Crippen molar-refractivity contribution < 1.29 is 14.0 Å². The van der Waals surface area contributed by atoms with Gasteiger partial charge in [-0.1, -0.05) is 18.3 Å². The molecule has 1 aliphatic carbocycles. The van der Waals surface area contributed by atoms with E-state index in [1.54, 1.807) is 0 Å². The van der Waals surface area contributed by atoms with Crippen molar-refractivity contribution in [2.75, 3.05) is 11.4 Å².